The second kappa shape index (κ2) is 10.7. The summed E-state index contributed by atoms with van der Waals surface area (Å²) in [6.07, 6.45) is 2.91. The molecule has 1 saturated heterocycles. The van der Waals surface area contributed by atoms with Crippen molar-refractivity contribution >= 4 is 17.3 Å². The molecule has 0 unspecified atom stereocenters. The highest BCUT2D eigenvalue weighted by Gasteiger charge is 2.17. The van der Waals surface area contributed by atoms with Gasteiger partial charge in [-0.15, -0.1) is 0 Å². The zero-order valence-electron chi connectivity index (χ0n) is 17.8. The number of anilines is 1. The zero-order valence-corrected chi connectivity index (χ0v) is 17.8. The van der Waals surface area contributed by atoms with Gasteiger partial charge >= 0.3 is 0 Å². The van der Waals surface area contributed by atoms with Gasteiger partial charge in [0.15, 0.2) is 0 Å². The molecule has 1 amide bonds. The van der Waals surface area contributed by atoms with Crippen molar-refractivity contribution in [1.29, 1.82) is 0 Å². The Kier molecular flexibility index (Phi) is 7.77. The number of aromatic nitrogens is 1. The second-order valence-electron chi connectivity index (χ2n) is 7.84. The molecule has 1 aliphatic heterocycles. The van der Waals surface area contributed by atoms with Crippen LogP contribution in [-0.4, -0.2) is 59.6 Å². The first-order valence-corrected chi connectivity index (χ1v) is 10.6. The van der Waals surface area contributed by atoms with Gasteiger partial charge in [0.25, 0.3) is 11.2 Å². The molecule has 0 saturated carbocycles. The van der Waals surface area contributed by atoms with Crippen LogP contribution in [0.15, 0.2) is 47.4 Å². The molecule has 0 radical (unpaired) electrons. The highest BCUT2D eigenvalue weighted by atomic mass is 16.6. The number of pyridine rings is 1. The van der Waals surface area contributed by atoms with Crippen LogP contribution in [-0.2, 0) is 11.3 Å². The molecule has 0 atom stereocenters. The summed E-state index contributed by atoms with van der Waals surface area (Å²) in [6.45, 7) is 7.47. The number of nitrogens with zero attached hydrogens (tertiary/aromatic N) is 4. The number of piperazine rings is 1. The van der Waals surface area contributed by atoms with Crippen LogP contribution < -0.4 is 15.8 Å². The number of unbranched alkanes of at least 4 members (excludes halogenated alkanes) is 1. The van der Waals surface area contributed by atoms with Crippen LogP contribution in [0.3, 0.4) is 0 Å². The summed E-state index contributed by atoms with van der Waals surface area (Å²) < 4.78 is 1.06. The molecule has 1 aromatic carbocycles. The molecule has 0 aliphatic carbocycles. The number of nitrogens with one attached hydrogen (secondary N) is 1. The summed E-state index contributed by atoms with van der Waals surface area (Å²) in [7, 11) is 0. The molecule has 9 nitrogen and oxygen atoms in total. The molecular weight excluding hydrogens is 398 g/mol. The van der Waals surface area contributed by atoms with E-state index in [-0.39, 0.29) is 18.1 Å². The van der Waals surface area contributed by atoms with Gasteiger partial charge < -0.3 is 10.2 Å². The Morgan fingerprint density at radius 2 is 1.90 bits per heavy atom. The molecule has 1 fully saturated rings. The lowest BCUT2D eigenvalue weighted by molar-refractivity contribution is -0.385. The molecule has 166 valence electrons. The Morgan fingerprint density at radius 3 is 2.61 bits per heavy atom. The maximum Gasteiger partial charge on any atom is 0.285 e. The Balaban J connectivity index is 1.32. The van der Waals surface area contributed by atoms with Crippen LogP contribution in [0, 0.1) is 17.0 Å². The van der Waals surface area contributed by atoms with E-state index in [0.29, 0.717) is 6.54 Å². The molecule has 1 aliphatic rings. The van der Waals surface area contributed by atoms with E-state index in [0.717, 1.165) is 68.5 Å². The average molecular weight is 428 g/mol. The Hall–Kier alpha value is -3.20. The van der Waals surface area contributed by atoms with Crippen molar-refractivity contribution in [2.45, 2.75) is 26.3 Å². The largest absolute Gasteiger partial charge is 0.369 e. The van der Waals surface area contributed by atoms with Crippen molar-refractivity contribution in [2.75, 3.05) is 44.2 Å². The summed E-state index contributed by atoms with van der Waals surface area (Å²) in [5.41, 5.74) is 1.91. The van der Waals surface area contributed by atoms with E-state index in [1.54, 1.807) is 0 Å². The van der Waals surface area contributed by atoms with E-state index >= 15 is 0 Å². The lowest BCUT2D eigenvalue weighted by Gasteiger charge is -2.36. The lowest BCUT2D eigenvalue weighted by atomic mass is 10.2. The fourth-order valence-electron chi connectivity index (χ4n) is 3.70. The molecule has 0 spiro atoms. The molecule has 1 aromatic heterocycles. The predicted octanol–water partition coefficient (Wildman–Crippen LogP) is 1.78. The maximum atomic E-state index is 12.0. The van der Waals surface area contributed by atoms with E-state index in [4.69, 9.17) is 0 Å². The van der Waals surface area contributed by atoms with Gasteiger partial charge in [-0.3, -0.25) is 29.2 Å². The third kappa shape index (κ3) is 6.65. The lowest BCUT2D eigenvalue weighted by Crippen LogP contribution is -2.46. The summed E-state index contributed by atoms with van der Waals surface area (Å²) in [6, 6.07) is 10.8. The smallest absolute Gasteiger partial charge is 0.285 e. The van der Waals surface area contributed by atoms with Crippen LogP contribution in [0.25, 0.3) is 0 Å². The van der Waals surface area contributed by atoms with Crippen LogP contribution in [0.2, 0.25) is 0 Å². The third-order valence-corrected chi connectivity index (χ3v) is 5.46. The number of benzene rings is 1. The monoisotopic (exact) mass is 427 g/mol. The SMILES string of the molecule is Cc1cccc(N2CCN(CCCCNC(=O)Cn3cc([N+](=O)[O-])ccc3=O)CC2)c1. The number of hydrogen-bond acceptors (Lipinski definition) is 6. The summed E-state index contributed by atoms with van der Waals surface area (Å²) >= 11 is 0. The Morgan fingerprint density at radius 1 is 1.13 bits per heavy atom. The standard InChI is InChI=1S/C22H29N5O4/c1-18-5-4-6-19(15-18)25-13-11-24(12-14-25)10-3-2-9-23-21(28)17-26-16-20(27(30)31)7-8-22(26)29/h4-8,15-16H,2-3,9-14,17H2,1H3,(H,23,28). The normalized spacial score (nSPS) is 14.4. The van der Waals surface area contributed by atoms with Crippen LogP contribution in [0.5, 0.6) is 0 Å². The van der Waals surface area contributed by atoms with Crippen LogP contribution in [0.1, 0.15) is 18.4 Å². The molecule has 3 rings (SSSR count). The third-order valence-electron chi connectivity index (χ3n) is 5.46. The molecule has 31 heavy (non-hydrogen) atoms. The minimum absolute atomic E-state index is 0.213. The van der Waals surface area contributed by atoms with Crippen LogP contribution in [0.4, 0.5) is 11.4 Å². The van der Waals surface area contributed by atoms with Gasteiger partial charge in [-0.2, -0.15) is 0 Å². The number of carbonyl (C=O) groups excluding carboxylic acids is 1. The highest BCUT2D eigenvalue weighted by Crippen LogP contribution is 2.17. The number of carbonyl (C=O) groups is 1. The average Bonchev–Trinajstić information content (AvgIpc) is 2.75. The van der Waals surface area contributed by atoms with Gasteiger partial charge in [-0.05, 0) is 44.0 Å². The van der Waals surface area contributed by atoms with E-state index in [1.165, 1.54) is 11.3 Å². The van der Waals surface area contributed by atoms with Gasteiger partial charge in [0.05, 0.1) is 11.1 Å². The highest BCUT2D eigenvalue weighted by molar-refractivity contribution is 5.75. The van der Waals surface area contributed by atoms with Gasteiger partial charge in [0, 0.05) is 50.5 Å². The number of hydrogen-bond donors (Lipinski definition) is 1. The van der Waals surface area contributed by atoms with E-state index in [9.17, 15) is 19.7 Å². The fourth-order valence-corrected chi connectivity index (χ4v) is 3.70. The Bertz CT molecular complexity index is 966. The van der Waals surface area contributed by atoms with E-state index < -0.39 is 10.5 Å². The number of nitro groups is 1. The van der Waals surface area contributed by atoms with E-state index in [1.807, 2.05) is 0 Å². The maximum absolute atomic E-state index is 12.0. The quantitative estimate of drug-likeness (QED) is 0.372. The minimum atomic E-state index is -0.589. The zero-order chi connectivity index (χ0) is 22.2. The van der Waals surface area contributed by atoms with Gasteiger partial charge in [0.1, 0.15) is 6.54 Å². The van der Waals surface area contributed by atoms with Crippen molar-refractivity contribution in [3.8, 4) is 0 Å². The van der Waals surface area contributed by atoms with Crippen molar-refractivity contribution in [2.24, 2.45) is 0 Å². The molecule has 9 heteroatoms. The number of amides is 1. The first kappa shape index (κ1) is 22.5. The summed E-state index contributed by atoms with van der Waals surface area (Å²) in [4.78, 5) is 38.9. The molecule has 2 aromatic rings. The first-order chi connectivity index (χ1) is 14.9. The van der Waals surface area contributed by atoms with E-state index in [2.05, 4.69) is 46.3 Å². The summed E-state index contributed by atoms with van der Waals surface area (Å²) in [5.74, 6) is -0.325. The molecular formula is C22H29N5O4. The molecule has 2 heterocycles. The molecule has 1 N–H and O–H groups in total. The Labute approximate surface area is 181 Å². The van der Waals surface area contributed by atoms with Crippen molar-refractivity contribution in [1.82, 2.24) is 14.8 Å². The van der Waals surface area contributed by atoms with Gasteiger partial charge in [-0.1, -0.05) is 12.1 Å². The minimum Gasteiger partial charge on any atom is -0.369 e. The summed E-state index contributed by atoms with van der Waals surface area (Å²) in [5, 5.41) is 13.6. The number of aryl methyl sites for hydroxylation is 1. The van der Waals surface area contributed by atoms with Gasteiger partial charge in [-0.25, -0.2) is 0 Å². The van der Waals surface area contributed by atoms with Crippen molar-refractivity contribution in [3.05, 3.63) is 68.6 Å². The topological polar surface area (TPSA) is 101 Å². The first-order valence-electron chi connectivity index (χ1n) is 10.6. The van der Waals surface area contributed by atoms with Crippen molar-refractivity contribution in [3.63, 3.8) is 0 Å². The molecule has 0 bridgehead atoms. The van der Waals surface area contributed by atoms with Crippen LogP contribution >= 0.6 is 0 Å². The predicted molar refractivity (Wildman–Crippen MR) is 119 cm³/mol. The second-order valence-corrected chi connectivity index (χ2v) is 7.84. The van der Waals surface area contributed by atoms with Crippen molar-refractivity contribution < 1.29 is 9.72 Å². The number of rotatable bonds is 9. The van der Waals surface area contributed by atoms with Gasteiger partial charge in [0.2, 0.25) is 5.91 Å². The fraction of sp³-hybridized carbons (Fsp3) is 0.455.